The third kappa shape index (κ3) is 3.23. The lowest BCUT2D eigenvalue weighted by Gasteiger charge is -2.05. The fourth-order valence-corrected chi connectivity index (χ4v) is 1.14. The highest BCUT2D eigenvalue weighted by Gasteiger charge is 2.05. The van der Waals surface area contributed by atoms with Crippen LogP contribution in [0.2, 0.25) is 0 Å². The Morgan fingerprint density at radius 2 is 2.40 bits per heavy atom. The van der Waals surface area contributed by atoms with Crippen molar-refractivity contribution in [2.45, 2.75) is 32.2 Å². The molecular weight excluding hydrogens is 146 g/mol. The minimum atomic E-state index is 0. The molecule has 2 heteroatoms. The van der Waals surface area contributed by atoms with E-state index in [0.29, 0.717) is 6.04 Å². The number of halogens is 1. The van der Waals surface area contributed by atoms with E-state index in [0.717, 1.165) is 6.54 Å². The van der Waals surface area contributed by atoms with Gasteiger partial charge >= 0.3 is 0 Å². The van der Waals surface area contributed by atoms with Gasteiger partial charge < -0.3 is 5.32 Å². The van der Waals surface area contributed by atoms with Crippen LogP contribution in [0.1, 0.15) is 26.2 Å². The van der Waals surface area contributed by atoms with Crippen molar-refractivity contribution in [1.82, 2.24) is 5.32 Å². The highest BCUT2D eigenvalue weighted by atomic mass is 35.5. The standard InChI is InChI=1S/C8H15N.ClH/c1-2-3-5-8-6-4-7-9-8;/h4,6,8-9H,2-3,5,7H2,1H3;1H. The SMILES string of the molecule is CCCCC1C=CCN1.Cl. The van der Waals surface area contributed by atoms with Crippen LogP contribution in [-0.4, -0.2) is 12.6 Å². The Morgan fingerprint density at radius 3 is 2.90 bits per heavy atom. The number of hydrogen-bond donors (Lipinski definition) is 1. The number of rotatable bonds is 3. The van der Waals surface area contributed by atoms with Crippen LogP contribution in [0.25, 0.3) is 0 Å². The summed E-state index contributed by atoms with van der Waals surface area (Å²) in [6.07, 6.45) is 8.46. The average Bonchev–Trinajstić information content (AvgIpc) is 2.34. The van der Waals surface area contributed by atoms with Gasteiger partial charge in [-0.1, -0.05) is 31.9 Å². The summed E-state index contributed by atoms with van der Waals surface area (Å²) in [5.74, 6) is 0. The summed E-state index contributed by atoms with van der Waals surface area (Å²) in [6, 6.07) is 0.685. The van der Waals surface area contributed by atoms with Gasteiger partial charge in [0.25, 0.3) is 0 Å². The quantitative estimate of drug-likeness (QED) is 0.626. The number of unbranched alkanes of at least 4 members (excludes halogenated alkanes) is 1. The van der Waals surface area contributed by atoms with Crippen LogP contribution in [0.4, 0.5) is 0 Å². The molecule has 0 spiro atoms. The second-order valence-electron chi connectivity index (χ2n) is 2.59. The molecule has 0 radical (unpaired) electrons. The first-order valence-electron chi connectivity index (χ1n) is 3.83. The van der Waals surface area contributed by atoms with E-state index < -0.39 is 0 Å². The van der Waals surface area contributed by atoms with Crippen LogP contribution in [0.3, 0.4) is 0 Å². The molecule has 1 rings (SSSR count). The van der Waals surface area contributed by atoms with Crippen molar-refractivity contribution in [1.29, 1.82) is 0 Å². The molecular formula is C8H16ClN. The predicted octanol–water partition coefficient (Wildman–Crippen LogP) is 2.13. The first kappa shape index (κ1) is 9.99. The Labute approximate surface area is 69.3 Å². The van der Waals surface area contributed by atoms with Gasteiger partial charge in [-0.3, -0.25) is 0 Å². The fraction of sp³-hybridized carbons (Fsp3) is 0.750. The second-order valence-corrected chi connectivity index (χ2v) is 2.59. The van der Waals surface area contributed by atoms with Crippen LogP contribution in [0.15, 0.2) is 12.2 Å². The van der Waals surface area contributed by atoms with Crippen molar-refractivity contribution >= 4 is 12.4 Å². The molecule has 1 N–H and O–H groups in total. The Morgan fingerprint density at radius 1 is 1.60 bits per heavy atom. The van der Waals surface area contributed by atoms with E-state index in [2.05, 4.69) is 24.4 Å². The van der Waals surface area contributed by atoms with E-state index >= 15 is 0 Å². The van der Waals surface area contributed by atoms with E-state index in [4.69, 9.17) is 0 Å². The molecule has 0 saturated carbocycles. The molecule has 0 aromatic rings. The van der Waals surface area contributed by atoms with Gasteiger partial charge in [-0.2, -0.15) is 0 Å². The molecule has 0 saturated heterocycles. The molecule has 0 aliphatic carbocycles. The van der Waals surface area contributed by atoms with Gasteiger partial charge in [0.15, 0.2) is 0 Å². The zero-order valence-corrected chi connectivity index (χ0v) is 7.29. The van der Waals surface area contributed by atoms with Crippen molar-refractivity contribution < 1.29 is 0 Å². The summed E-state index contributed by atoms with van der Waals surface area (Å²) in [5, 5.41) is 3.38. The maximum atomic E-state index is 3.38. The lowest BCUT2D eigenvalue weighted by Crippen LogP contribution is -2.21. The highest BCUT2D eigenvalue weighted by molar-refractivity contribution is 5.85. The molecule has 0 aromatic heterocycles. The monoisotopic (exact) mass is 161 g/mol. The van der Waals surface area contributed by atoms with Crippen molar-refractivity contribution in [2.75, 3.05) is 6.54 Å². The third-order valence-corrected chi connectivity index (χ3v) is 1.73. The van der Waals surface area contributed by atoms with Gasteiger partial charge in [0.1, 0.15) is 0 Å². The van der Waals surface area contributed by atoms with Crippen molar-refractivity contribution in [3.05, 3.63) is 12.2 Å². The van der Waals surface area contributed by atoms with Crippen LogP contribution < -0.4 is 5.32 Å². The molecule has 0 fully saturated rings. The predicted molar refractivity (Wildman–Crippen MR) is 47.7 cm³/mol. The van der Waals surface area contributed by atoms with E-state index in [1.807, 2.05) is 0 Å². The fourth-order valence-electron chi connectivity index (χ4n) is 1.14. The summed E-state index contributed by atoms with van der Waals surface area (Å²) in [4.78, 5) is 0. The molecule has 60 valence electrons. The van der Waals surface area contributed by atoms with E-state index in [9.17, 15) is 0 Å². The van der Waals surface area contributed by atoms with E-state index in [1.54, 1.807) is 0 Å². The lowest BCUT2D eigenvalue weighted by molar-refractivity contribution is 0.582. The smallest absolute Gasteiger partial charge is 0.0253 e. The minimum absolute atomic E-state index is 0. The van der Waals surface area contributed by atoms with Crippen molar-refractivity contribution in [3.8, 4) is 0 Å². The molecule has 1 unspecified atom stereocenters. The largest absolute Gasteiger partial charge is 0.307 e. The summed E-state index contributed by atoms with van der Waals surface area (Å²) in [5.41, 5.74) is 0. The normalized spacial score (nSPS) is 22.7. The topological polar surface area (TPSA) is 12.0 Å². The molecule has 1 aliphatic heterocycles. The summed E-state index contributed by atoms with van der Waals surface area (Å²) in [7, 11) is 0. The summed E-state index contributed by atoms with van der Waals surface area (Å²) in [6.45, 7) is 3.31. The minimum Gasteiger partial charge on any atom is -0.307 e. The average molecular weight is 162 g/mol. The molecule has 0 aromatic carbocycles. The van der Waals surface area contributed by atoms with Gasteiger partial charge in [-0.25, -0.2) is 0 Å². The Hall–Kier alpha value is -0.0100. The second kappa shape index (κ2) is 5.75. The first-order valence-corrected chi connectivity index (χ1v) is 3.83. The van der Waals surface area contributed by atoms with E-state index in [-0.39, 0.29) is 12.4 Å². The number of hydrogen-bond acceptors (Lipinski definition) is 1. The lowest BCUT2D eigenvalue weighted by atomic mass is 10.1. The van der Waals surface area contributed by atoms with Crippen LogP contribution in [-0.2, 0) is 0 Å². The zero-order valence-electron chi connectivity index (χ0n) is 6.47. The number of nitrogens with one attached hydrogen (secondary N) is 1. The van der Waals surface area contributed by atoms with Crippen LogP contribution in [0.5, 0.6) is 0 Å². The Bertz CT molecular complexity index is 101. The molecule has 1 aliphatic rings. The van der Waals surface area contributed by atoms with Gasteiger partial charge in [-0.15, -0.1) is 12.4 Å². The zero-order chi connectivity index (χ0) is 6.53. The van der Waals surface area contributed by atoms with Gasteiger partial charge in [-0.05, 0) is 6.42 Å². The molecule has 10 heavy (non-hydrogen) atoms. The Balaban J connectivity index is 0.000000810. The molecule has 0 amide bonds. The van der Waals surface area contributed by atoms with Gasteiger partial charge in [0.05, 0.1) is 0 Å². The maximum Gasteiger partial charge on any atom is 0.0253 e. The highest BCUT2D eigenvalue weighted by Crippen LogP contribution is 2.04. The summed E-state index contributed by atoms with van der Waals surface area (Å²) >= 11 is 0. The molecule has 1 atom stereocenters. The Kier molecular flexibility index (Phi) is 5.74. The molecule has 0 bridgehead atoms. The van der Waals surface area contributed by atoms with E-state index in [1.165, 1.54) is 19.3 Å². The first-order chi connectivity index (χ1) is 4.43. The van der Waals surface area contributed by atoms with Gasteiger partial charge in [0, 0.05) is 12.6 Å². The third-order valence-electron chi connectivity index (χ3n) is 1.73. The van der Waals surface area contributed by atoms with Crippen LogP contribution in [0, 0.1) is 0 Å². The van der Waals surface area contributed by atoms with Crippen LogP contribution >= 0.6 is 12.4 Å². The van der Waals surface area contributed by atoms with Crippen molar-refractivity contribution in [2.24, 2.45) is 0 Å². The van der Waals surface area contributed by atoms with Crippen molar-refractivity contribution in [3.63, 3.8) is 0 Å². The van der Waals surface area contributed by atoms with Gasteiger partial charge in [0.2, 0.25) is 0 Å². The molecule has 1 nitrogen and oxygen atoms in total. The maximum absolute atomic E-state index is 3.38. The molecule has 1 heterocycles. The summed E-state index contributed by atoms with van der Waals surface area (Å²) < 4.78 is 0.